The molecule has 0 saturated carbocycles. The Morgan fingerprint density at radius 3 is 2.39 bits per heavy atom. The smallest absolute Gasteiger partial charge is 0.238 e. The fourth-order valence-corrected chi connectivity index (χ4v) is 3.58. The topological polar surface area (TPSA) is 63.2 Å². The quantitative estimate of drug-likeness (QED) is 0.338. The second-order valence-corrected chi connectivity index (χ2v) is 7.70. The molecule has 0 aliphatic carbocycles. The number of piperazine rings is 1. The number of halogens is 1. The third-order valence-electron chi connectivity index (χ3n) is 5.03. The molecule has 0 unspecified atom stereocenters. The summed E-state index contributed by atoms with van der Waals surface area (Å²) >= 11 is 0. The Kier molecular flexibility index (Phi) is 10.1. The number of amides is 1. The minimum Gasteiger partial charge on any atom is -0.368 e. The van der Waals surface area contributed by atoms with Gasteiger partial charge >= 0.3 is 0 Å². The van der Waals surface area contributed by atoms with E-state index in [-0.39, 0.29) is 29.9 Å². The molecule has 1 aliphatic heterocycles. The molecule has 8 heteroatoms. The molecule has 0 atom stereocenters. The molecule has 2 N–H and O–H groups in total. The highest BCUT2D eigenvalue weighted by Gasteiger charge is 2.19. The molecule has 1 aliphatic rings. The Hall–Kier alpha value is -2.33. The van der Waals surface area contributed by atoms with Gasteiger partial charge in [-0.15, -0.1) is 24.0 Å². The van der Waals surface area contributed by atoms with Crippen LogP contribution in [0.1, 0.15) is 5.56 Å². The van der Waals surface area contributed by atoms with Crippen LogP contribution in [0, 0.1) is 0 Å². The number of nitrogens with one attached hydrogen (secondary N) is 2. The summed E-state index contributed by atoms with van der Waals surface area (Å²) in [4.78, 5) is 23.0. The number of carbonyl (C=O) groups excluding carboxylic acids is 1. The number of nitrogens with zero attached hydrogens (tertiary/aromatic N) is 4. The number of rotatable bonds is 6. The number of carbonyl (C=O) groups is 1. The summed E-state index contributed by atoms with van der Waals surface area (Å²) in [5.74, 6) is 0.891. The van der Waals surface area contributed by atoms with E-state index >= 15 is 0 Å². The molecule has 31 heavy (non-hydrogen) atoms. The Balaban J connectivity index is 0.00000341. The highest BCUT2D eigenvalue weighted by molar-refractivity contribution is 14.0. The summed E-state index contributed by atoms with van der Waals surface area (Å²) in [6.45, 7) is 4.81. The van der Waals surface area contributed by atoms with Crippen molar-refractivity contribution >= 4 is 47.2 Å². The van der Waals surface area contributed by atoms with Crippen molar-refractivity contribution in [1.82, 2.24) is 15.1 Å². The number of hydrogen-bond donors (Lipinski definition) is 2. The zero-order chi connectivity index (χ0) is 21.3. The first-order valence-corrected chi connectivity index (χ1v) is 10.3. The summed E-state index contributed by atoms with van der Waals surface area (Å²) in [5.41, 5.74) is 3.18. The standard InChI is InChI=1S/C23H32N6O.HI/c1-24-23(29-14-12-28(13-15-29)21-10-5-4-6-11-21)25-17-19-8-7-9-20(16-19)26-22(30)18-27(2)3;/h4-11,16H,12-15,17-18H2,1-3H3,(H,24,25)(H,26,30);1H. The lowest BCUT2D eigenvalue weighted by molar-refractivity contribution is -0.116. The maximum absolute atomic E-state index is 12.0. The number of hydrogen-bond acceptors (Lipinski definition) is 4. The van der Waals surface area contributed by atoms with Crippen molar-refractivity contribution in [2.24, 2.45) is 4.99 Å². The number of likely N-dealkylation sites (N-methyl/N-ethyl adjacent to an activating group) is 1. The molecule has 0 aromatic heterocycles. The van der Waals surface area contributed by atoms with Crippen LogP contribution in [-0.2, 0) is 11.3 Å². The van der Waals surface area contributed by atoms with Crippen LogP contribution in [0.4, 0.5) is 11.4 Å². The molecular weight excluding hydrogens is 503 g/mol. The number of anilines is 2. The molecule has 168 valence electrons. The van der Waals surface area contributed by atoms with Crippen LogP contribution in [0.3, 0.4) is 0 Å². The summed E-state index contributed by atoms with van der Waals surface area (Å²) in [7, 11) is 5.58. The van der Waals surface area contributed by atoms with Crippen LogP contribution in [0.2, 0.25) is 0 Å². The molecule has 1 fully saturated rings. The number of aliphatic imine (C=N–C) groups is 1. The average Bonchev–Trinajstić information content (AvgIpc) is 2.75. The van der Waals surface area contributed by atoms with Gasteiger partial charge in [0.2, 0.25) is 5.91 Å². The fraction of sp³-hybridized carbons (Fsp3) is 0.391. The lowest BCUT2D eigenvalue weighted by Crippen LogP contribution is -2.52. The van der Waals surface area contributed by atoms with Gasteiger partial charge in [0.1, 0.15) is 0 Å². The van der Waals surface area contributed by atoms with Crippen molar-refractivity contribution in [3.63, 3.8) is 0 Å². The van der Waals surface area contributed by atoms with E-state index < -0.39 is 0 Å². The van der Waals surface area contributed by atoms with Crippen molar-refractivity contribution in [2.45, 2.75) is 6.54 Å². The third-order valence-corrected chi connectivity index (χ3v) is 5.03. The summed E-state index contributed by atoms with van der Waals surface area (Å²) in [6.07, 6.45) is 0. The van der Waals surface area contributed by atoms with E-state index in [1.165, 1.54) is 5.69 Å². The van der Waals surface area contributed by atoms with Crippen LogP contribution in [-0.4, -0.2) is 75.5 Å². The Bertz CT molecular complexity index is 850. The minimum atomic E-state index is -0.0165. The highest BCUT2D eigenvalue weighted by atomic mass is 127. The van der Waals surface area contributed by atoms with Crippen LogP contribution in [0.15, 0.2) is 59.6 Å². The molecule has 1 amide bonds. The Labute approximate surface area is 202 Å². The van der Waals surface area contributed by atoms with Crippen molar-refractivity contribution in [1.29, 1.82) is 0 Å². The van der Waals surface area contributed by atoms with Crippen LogP contribution in [0.25, 0.3) is 0 Å². The second-order valence-electron chi connectivity index (χ2n) is 7.70. The first-order valence-electron chi connectivity index (χ1n) is 10.3. The highest BCUT2D eigenvalue weighted by Crippen LogP contribution is 2.16. The van der Waals surface area contributed by atoms with E-state index in [1.807, 2.05) is 50.3 Å². The van der Waals surface area contributed by atoms with Gasteiger partial charge in [0.25, 0.3) is 0 Å². The minimum absolute atomic E-state index is 0. The Morgan fingerprint density at radius 2 is 1.74 bits per heavy atom. The van der Waals surface area contributed by atoms with Gasteiger partial charge in [0, 0.05) is 51.1 Å². The van der Waals surface area contributed by atoms with Gasteiger partial charge < -0.3 is 25.3 Å². The van der Waals surface area contributed by atoms with E-state index in [0.29, 0.717) is 13.1 Å². The molecule has 0 spiro atoms. The predicted molar refractivity (Wildman–Crippen MR) is 139 cm³/mol. The van der Waals surface area contributed by atoms with Crippen molar-refractivity contribution in [3.05, 3.63) is 60.2 Å². The van der Waals surface area contributed by atoms with Crippen molar-refractivity contribution in [3.8, 4) is 0 Å². The van der Waals surface area contributed by atoms with Crippen LogP contribution < -0.4 is 15.5 Å². The normalized spacial score (nSPS) is 14.3. The predicted octanol–water partition coefficient (Wildman–Crippen LogP) is 2.70. The lowest BCUT2D eigenvalue weighted by atomic mass is 10.2. The number of benzene rings is 2. The molecule has 1 saturated heterocycles. The van der Waals surface area contributed by atoms with Crippen molar-refractivity contribution < 1.29 is 4.79 Å². The first-order chi connectivity index (χ1) is 14.5. The van der Waals surface area contributed by atoms with Gasteiger partial charge in [-0.3, -0.25) is 9.79 Å². The zero-order valence-electron chi connectivity index (χ0n) is 18.5. The Morgan fingerprint density at radius 1 is 1.03 bits per heavy atom. The molecule has 2 aromatic rings. The molecule has 7 nitrogen and oxygen atoms in total. The first kappa shape index (κ1) is 24.9. The fourth-order valence-electron chi connectivity index (χ4n) is 3.58. The van der Waals surface area contributed by atoms with Crippen LogP contribution >= 0.6 is 24.0 Å². The van der Waals surface area contributed by atoms with Gasteiger partial charge in [0.15, 0.2) is 5.96 Å². The van der Waals surface area contributed by atoms with Crippen molar-refractivity contribution in [2.75, 3.05) is 64.1 Å². The molecule has 3 rings (SSSR count). The van der Waals surface area contributed by atoms with Gasteiger partial charge in [-0.05, 0) is 43.9 Å². The average molecular weight is 536 g/mol. The van der Waals surface area contributed by atoms with E-state index in [1.54, 1.807) is 0 Å². The van der Waals surface area contributed by atoms with Gasteiger partial charge in [-0.1, -0.05) is 30.3 Å². The number of para-hydroxylation sites is 1. The van der Waals surface area contributed by atoms with Gasteiger partial charge in [-0.2, -0.15) is 0 Å². The molecule has 0 bridgehead atoms. The third kappa shape index (κ3) is 7.70. The summed E-state index contributed by atoms with van der Waals surface area (Å²) in [6, 6.07) is 18.5. The van der Waals surface area contributed by atoms with E-state index in [2.05, 4.69) is 55.8 Å². The maximum Gasteiger partial charge on any atom is 0.238 e. The van der Waals surface area contributed by atoms with Gasteiger partial charge in [-0.25, -0.2) is 0 Å². The van der Waals surface area contributed by atoms with E-state index in [0.717, 1.165) is 43.4 Å². The SMILES string of the molecule is CN=C(NCc1cccc(NC(=O)CN(C)C)c1)N1CCN(c2ccccc2)CC1.I. The maximum atomic E-state index is 12.0. The number of guanidine groups is 1. The largest absolute Gasteiger partial charge is 0.368 e. The van der Waals surface area contributed by atoms with E-state index in [9.17, 15) is 4.79 Å². The monoisotopic (exact) mass is 536 g/mol. The van der Waals surface area contributed by atoms with Crippen LogP contribution in [0.5, 0.6) is 0 Å². The van der Waals surface area contributed by atoms with E-state index in [4.69, 9.17) is 0 Å². The van der Waals surface area contributed by atoms with Gasteiger partial charge in [0.05, 0.1) is 6.54 Å². The zero-order valence-corrected chi connectivity index (χ0v) is 20.9. The summed E-state index contributed by atoms with van der Waals surface area (Å²) < 4.78 is 0. The molecule has 1 heterocycles. The molecule has 0 radical (unpaired) electrons. The summed E-state index contributed by atoms with van der Waals surface area (Å²) in [5, 5.41) is 6.40. The second kappa shape index (κ2) is 12.5. The molecular formula is C23H33IN6O. The molecule has 2 aromatic carbocycles. The lowest BCUT2D eigenvalue weighted by Gasteiger charge is -2.37.